The Hall–Kier alpha value is -1.35. The lowest BCUT2D eigenvalue weighted by atomic mass is 9.78. The van der Waals surface area contributed by atoms with Crippen LogP contribution in [0, 0.1) is 0 Å². The molecule has 0 radical (unpaired) electrons. The van der Waals surface area contributed by atoms with E-state index < -0.39 is 0 Å². The zero-order valence-corrected chi connectivity index (χ0v) is 10.5. The number of hydrogen-bond acceptors (Lipinski definition) is 2. The quantitative estimate of drug-likeness (QED) is 0.876. The molecule has 1 fully saturated rings. The van der Waals surface area contributed by atoms with E-state index in [0.29, 0.717) is 5.54 Å². The topological polar surface area (TPSA) is 29.9 Å². The second-order valence-electron chi connectivity index (χ2n) is 5.36. The van der Waals surface area contributed by atoms with Crippen LogP contribution < -0.4 is 5.32 Å². The van der Waals surface area contributed by atoms with Crippen LogP contribution in [0.2, 0.25) is 0 Å². The minimum Gasteiger partial charge on any atom is -0.306 e. The van der Waals surface area contributed by atoms with E-state index in [0.717, 1.165) is 12.2 Å². The second kappa shape index (κ2) is 3.84. The van der Waals surface area contributed by atoms with E-state index in [1.807, 2.05) is 11.7 Å². The molecule has 1 aliphatic rings. The summed E-state index contributed by atoms with van der Waals surface area (Å²) in [6.45, 7) is 3.18. The van der Waals surface area contributed by atoms with Gasteiger partial charge in [-0.3, -0.25) is 4.68 Å². The Morgan fingerprint density at radius 3 is 2.82 bits per heavy atom. The van der Waals surface area contributed by atoms with Crippen molar-refractivity contribution in [2.24, 2.45) is 7.05 Å². The summed E-state index contributed by atoms with van der Waals surface area (Å²) in [5.74, 6) is 0. The Labute approximate surface area is 102 Å². The van der Waals surface area contributed by atoms with Gasteiger partial charge in [-0.15, -0.1) is 0 Å². The van der Waals surface area contributed by atoms with Crippen molar-refractivity contribution in [1.29, 1.82) is 0 Å². The smallest absolute Gasteiger partial charge is 0.0841 e. The number of benzene rings is 1. The zero-order valence-electron chi connectivity index (χ0n) is 10.5. The molecule has 17 heavy (non-hydrogen) atoms. The largest absolute Gasteiger partial charge is 0.306 e. The fourth-order valence-corrected chi connectivity index (χ4v) is 2.60. The number of para-hydroxylation sites is 1. The lowest BCUT2D eigenvalue weighted by Crippen LogP contribution is -2.47. The van der Waals surface area contributed by atoms with Crippen molar-refractivity contribution in [3.05, 3.63) is 30.0 Å². The van der Waals surface area contributed by atoms with Crippen LogP contribution in [0.1, 0.15) is 31.9 Å². The standard InChI is InChI=1S/C14H19N3/c1-14(8-5-9-14)15-10-12-11-6-3-4-7-13(11)17(2)16-12/h3-4,6-7,15H,5,8-10H2,1-2H3. The highest BCUT2D eigenvalue weighted by Crippen LogP contribution is 2.31. The molecule has 0 amide bonds. The van der Waals surface area contributed by atoms with Gasteiger partial charge < -0.3 is 5.32 Å². The minimum atomic E-state index is 0.346. The van der Waals surface area contributed by atoms with E-state index in [2.05, 4.69) is 41.6 Å². The molecule has 2 aromatic rings. The molecule has 0 bridgehead atoms. The number of aryl methyl sites for hydroxylation is 1. The summed E-state index contributed by atoms with van der Waals surface area (Å²) in [6.07, 6.45) is 3.93. The van der Waals surface area contributed by atoms with Gasteiger partial charge in [-0.25, -0.2) is 0 Å². The van der Waals surface area contributed by atoms with Gasteiger partial charge in [0.1, 0.15) is 0 Å². The Bertz CT molecular complexity index is 537. The maximum absolute atomic E-state index is 4.61. The summed E-state index contributed by atoms with van der Waals surface area (Å²) in [7, 11) is 2.01. The van der Waals surface area contributed by atoms with Gasteiger partial charge in [0.15, 0.2) is 0 Å². The Balaban J connectivity index is 1.85. The van der Waals surface area contributed by atoms with Gasteiger partial charge in [-0.05, 0) is 32.3 Å². The third kappa shape index (κ3) is 1.84. The van der Waals surface area contributed by atoms with Crippen molar-refractivity contribution in [3.8, 4) is 0 Å². The highest BCUT2D eigenvalue weighted by Gasteiger charge is 2.31. The Kier molecular flexibility index (Phi) is 2.44. The van der Waals surface area contributed by atoms with E-state index in [4.69, 9.17) is 0 Å². The van der Waals surface area contributed by atoms with Crippen LogP contribution in [0.3, 0.4) is 0 Å². The molecule has 3 nitrogen and oxygen atoms in total. The van der Waals surface area contributed by atoms with Crippen LogP contribution in [-0.2, 0) is 13.6 Å². The van der Waals surface area contributed by atoms with Crippen molar-refractivity contribution >= 4 is 10.9 Å². The average molecular weight is 229 g/mol. The van der Waals surface area contributed by atoms with E-state index in [9.17, 15) is 0 Å². The number of nitrogens with zero attached hydrogens (tertiary/aromatic N) is 2. The molecule has 3 heteroatoms. The summed E-state index contributed by atoms with van der Waals surface area (Å²) in [5, 5.41) is 9.52. The van der Waals surface area contributed by atoms with Crippen LogP contribution in [0.25, 0.3) is 10.9 Å². The fraction of sp³-hybridized carbons (Fsp3) is 0.500. The molecule has 1 N–H and O–H groups in total. The summed E-state index contributed by atoms with van der Waals surface area (Å²) >= 11 is 0. The molecule has 1 aromatic carbocycles. The predicted molar refractivity (Wildman–Crippen MR) is 69.8 cm³/mol. The fourth-order valence-electron chi connectivity index (χ4n) is 2.60. The number of rotatable bonds is 3. The van der Waals surface area contributed by atoms with E-state index in [1.165, 1.54) is 30.2 Å². The van der Waals surface area contributed by atoms with Gasteiger partial charge in [0.05, 0.1) is 11.2 Å². The Morgan fingerprint density at radius 1 is 1.35 bits per heavy atom. The molecule has 1 aromatic heterocycles. The molecule has 0 atom stereocenters. The highest BCUT2D eigenvalue weighted by atomic mass is 15.3. The summed E-state index contributed by atoms with van der Waals surface area (Å²) < 4.78 is 1.97. The molecular formula is C14H19N3. The van der Waals surface area contributed by atoms with Crippen LogP contribution in [0.15, 0.2) is 24.3 Å². The first kappa shape index (κ1) is 10.8. The summed E-state index contributed by atoms with van der Waals surface area (Å²) in [5.41, 5.74) is 2.72. The summed E-state index contributed by atoms with van der Waals surface area (Å²) in [6, 6.07) is 8.42. The lowest BCUT2D eigenvalue weighted by Gasteiger charge is -2.39. The molecule has 1 heterocycles. The van der Waals surface area contributed by atoms with Gasteiger partial charge in [0, 0.05) is 24.5 Å². The molecule has 0 saturated heterocycles. The molecule has 0 spiro atoms. The molecule has 0 unspecified atom stereocenters. The molecule has 1 aliphatic carbocycles. The van der Waals surface area contributed by atoms with Crippen molar-refractivity contribution in [3.63, 3.8) is 0 Å². The van der Waals surface area contributed by atoms with E-state index in [1.54, 1.807) is 0 Å². The van der Waals surface area contributed by atoms with Crippen molar-refractivity contribution in [2.45, 2.75) is 38.3 Å². The van der Waals surface area contributed by atoms with Crippen molar-refractivity contribution < 1.29 is 0 Å². The molecule has 3 rings (SSSR count). The number of aromatic nitrogens is 2. The SMILES string of the molecule is Cn1nc(CNC2(C)CCC2)c2ccccc21. The third-order valence-electron chi connectivity index (χ3n) is 3.97. The molecule has 90 valence electrons. The first-order chi connectivity index (χ1) is 8.18. The third-order valence-corrected chi connectivity index (χ3v) is 3.97. The number of fused-ring (bicyclic) bond motifs is 1. The molecular weight excluding hydrogens is 210 g/mol. The average Bonchev–Trinajstić information content (AvgIpc) is 2.62. The van der Waals surface area contributed by atoms with Crippen molar-refractivity contribution in [1.82, 2.24) is 15.1 Å². The monoisotopic (exact) mass is 229 g/mol. The zero-order chi connectivity index (χ0) is 11.9. The van der Waals surface area contributed by atoms with Gasteiger partial charge in [0.25, 0.3) is 0 Å². The molecule has 0 aliphatic heterocycles. The number of hydrogen-bond donors (Lipinski definition) is 1. The van der Waals surface area contributed by atoms with Crippen molar-refractivity contribution in [2.75, 3.05) is 0 Å². The van der Waals surface area contributed by atoms with E-state index in [-0.39, 0.29) is 0 Å². The number of nitrogens with one attached hydrogen (secondary N) is 1. The first-order valence-electron chi connectivity index (χ1n) is 6.34. The summed E-state index contributed by atoms with van der Waals surface area (Å²) in [4.78, 5) is 0. The van der Waals surface area contributed by atoms with E-state index >= 15 is 0 Å². The van der Waals surface area contributed by atoms with Crippen LogP contribution in [0.4, 0.5) is 0 Å². The lowest BCUT2D eigenvalue weighted by molar-refractivity contribution is 0.206. The van der Waals surface area contributed by atoms with Gasteiger partial charge in [-0.1, -0.05) is 18.2 Å². The van der Waals surface area contributed by atoms with Gasteiger partial charge in [0.2, 0.25) is 0 Å². The van der Waals surface area contributed by atoms with Gasteiger partial charge >= 0.3 is 0 Å². The normalized spacial score (nSPS) is 18.2. The Morgan fingerprint density at radius 2 is 2.12 bits per heavy atom. The van der Waals surface area contributed by atoms with Gasteiger partial charge in [-0.2, -0.15) is 5.10 Å². The highest BCUT2D eigenvalue weighted by molar-refractivity contribution is 5.81. The maximum atomic E-state index is 4.61. The maximum Gasteiger partial charge on any atom is 0.0841 e. The first-order valence-corrected chi connectivity index (χ1v) is 6.34. The van der Waals surface area contributed by atoms with Crippen LogP contribution in [0.5, 0.6) is 0 Å². The van der Waals surface area contributed by atoms with Crippen LogP contribution >= 0.6 is 0 Å². The predicted octanol–water partition coefficient (Wildman–Crippen LogP) is 2.61. The minimum absolute atomic E-state index is 0.346. The second-order valence-corrected chi connectivity index (χ2v) is 5.36. The molecule has 1 saturated carbocycles. The van der Waals surface area contributed by atoms with Crippen LogP contribution in [-0.4, -0.2) is 15.3 Å².